The van der Waals surface area contributed by atoms with Gasteiger partial charge in [0.05, 0.1) is 18.7 Å². The summed E-state index contributed by atoms with van der Waals surface area (Å²) in [6.07, 6.45) is 2.58. The average Bonchev–Trinajstić information content (AvgIpc) is 3.19. The zero-order chi connectivity index (χ0) is 17.6. The van der Waals surface area contributed by atoms with Crippen molar-refractivity contribution in [2.24, 2.45) is 0 Å². The van der Waals surface area contributed by atoms with Gasteiger partial charge in [0.15, 0.2) is 0 Å². The molecule has 1 heterocycles. The van der Waals surface area contributed by atoms with Gasteiger partial charge in [-0.25, -0.2) is 4.79 Å². The zero-order valence-electron chi connectivity index (χ0n) is 15.0. The van der Waals surface area contributed by atoms with E-state index >= 15 is 0 Å². The van der Waals surface area contributed by atoms with Gasteiger partial charge in [0.2, 0.25) is 0 Å². The van der Waals surface area contributed by atoms with Gasteiger partial charge in [-0.3, -0.25) is 0 Å². The smallest absolute Gasteiger partial charge is 0.337 e. The molecule has 1 unspecified atom stereocenters. The molecule has 3 rings (SSSR count). The van der Waals surface area contributed by atoms with Crippen molar-refractivity contribution in [3.63, 3.8) is 0 Å². The van der Waals surface area contributed by atoms with E-state index in [1.807, 2.05) is 24.3 Å². The molecule has 1 saturated heterocycles. The van der Waals surface area contributed by atoms with Crippen molar-refractivity contribution in [2.75, 3.05) is 38.7 Å². The Balaban J connectivity index is 1.82. The fraction of sp³-hybridized carbons (Fsp3) is 0.381. The summed E-state index contributed by atoms with van der Waals surface area (Å²) in [5.41, 5.74) is 2.99. The molecule has 0 bridgehead atoms. The summed E-state index contributed by atoms with van der Waals surface area (Å²) in [5, 5.41) is 0. The van der Waals surface area contributed by atoms with Crippen LogP contribution in [0, 0.1) is 0 Å². The number of rotatable bonds is 6. The molecule has 0 amide bonds. The lowest BCUT2D eigenvalue weighted by atomic mass is 10.0. The maximum atomic E-state index is 11.6. The predicted octanol–water partition coefficient (Wildman–Crippen LogP) is 3.75. The molecule has 1 atom stereocenters. The largest absolute Gasteiger partial charge is 0.465 e. The van der Waals surface area contributed by atoms with Crippen molar-refractivity contribution in [2.45, 2.75) is 18.9 Å². The van der Waals surface area contributed by atoms with Crippen LogP contribution in [0.1, 0.15) is 34.8 Å². The van der Waals surface area contributed by atoms with Crippen LogP contribution in [-0.4, -0.2) is 44.7 Å². The number of carbonyl (C=O) groups excluding carboxylic acids is 1. The molecule has 4 nitrogen and oxygen atoms in total. The molecule has 1 fully saturated rings. The Morgan fingerprint density at radius 1 is 1.08 bits per heavy atom. The maximum absolute atomic E-state index is 11.6. The second-order valence-corrected chi connectivity index (χ2v) is 6.58. The van der Waals surface area contributed by atoms with Crippen molar-refractivity contribution in [3.05, 3.63) is 65.7 Å². The first-order valence-electron chi connectivity index (χ1n) is 8.87. The van der Waals surface area contributed by atoms with Crippen LogP contribution < -0.4 is 4.90 Å². The van der Waals surface area contributed by atoms with Crippen LogP contribution in [0.3, 0.4) is 0 Å². The van der Waals surface area contributed by atoms with E-state index in [-0.39, 0.29) is 12.0 Å². The van der Waals surface area contributed by atoms with Crippen LogP contribution in [0.25, 0.3) is 0 Å². The van der Waals surface area contributed by atoms with Crippen LogP contribution >= 0.6 is 0 Å². The Morgan fingerprint density at radius 2 is 1.72 bits per heavy atom. The lowest BCUT2D eigenvalue weighted by Crippen LogP contribution is -2.35. The molecule has 0 saturated carbocycles. The predicted molar refractivity (Wildman–Crippen MR) is 101 cm³/mol. The summed E-state index contributed by atoms with van der Waals surface area (Å²) in [7, 11) is 3.53. The summed E-state index contributed by atoms with van der Waals surface area (Å²) in [6, 6.07) is 18.6. The third-order valence-electron chi connectivity index (χ3n) is 4.98. The summed E-state index contributed by atoms with van der Waals surface area (Å²) in [4.78, 5) is 16.5. The van der Waals surface area contributed by atoms with Gasteiger partial charge in [0, 0.05) is 19.3 Å². The number of likely N-dealkylation sites (tertiary alicyclic amines) is 1. The van der Waals surface area contributed by atoms with Gasteiger partial charge < -0.3 is 14.5 Å². The number of hydrogen-bond donors (Lipinski definition) is 0. The molecule has 0 aromatic heterocycles. The standard InChI is InChI=1S/C21H26N2O2/c1-22(19-12-10-18(11-13-19)21(24)25-2)20(16-23-14-6-7-15-23)17-8-4-3-5-9-17/h3-5,8-13,20H,6-7,14-16H2,1-2H3. The molecule has 1 aliphatic heterocycles. The molecule has 0 radical (unpaired) electrons. The highest BCUT2D eigenvalue weighted by atomic mass is 16.5. The summed E-state index contributed by atoms with van der Waals surface area (Å²) in [6.45, 7) is 3.37. The van der Waals surface area contributed by atoms with Crippen LogP contribution in [0.5, 0.6) is 0 Å². The second-order valence-electron chi connectivity index (χ2n) is 6.58. The maximum Gasteiger partial charge on any atom is 0.337 e. The minimum absolute atomic E-state index is 0.281. The number of nitrogens with zero attached hydrogens (tertiary/aromatic N) is 2. The number of hydrogen-bond acceptors (Lipinski definition) is 4. The van der Waals surface area contributed by atoms with Gasteiger partial charge >= 0.3 is 5.97 Å². The van der Waals surface area contributed by atoms with Crippen molar-refractivity contribution in [3.8, 4) is 0 Å². The Morgan fingerprint density at radius 3 is 2.32 bits per heavy atom. The number of esters is 1. The van der Waals surface area contributed by atoms with E-state index in [1.165, 1.54) is 38.6 Å². The minimum Gasteiger partial charge on any atom is -0.465 e. The van der Waals surface area contributed by atoms with Gasteiger partial charge in [0.1, 0.15) is 0 Å². The highest BCUT2D eigenvalue weighted by molar-refractivity contribution is 5.89. The third-order valence-corrected chi connectivity index (χ3v) is 4.98. The van der Waals surface area contributed by atoms with E-state index in [9.17, 15) is 4.79 Å². The Kier molecular flexibility index (Phi) is 5.71. The van der Waals surface area contributed by atoms with Crippen molar-refractivity contribution < 1.29 is 9.53 Å². The highest BCUT2D eigenvalue weighted by Gasteiger charge is 2.23. The van der Waals surface area contributed by atoms with E-state index in [4.69, 9.17) is 4.74 Å². The van der Waals surface area contributed by atoms with E-state index < -0.39 is 0 Å². The van der Waals surface area contributed by atoms with Gasteiger partial charge in [-0.1, -0.05) is 30.3 Å². The number of benzene rings is 2. The first-order valence-corrected chi connectivity index (χ1v) is 8.87. The van der Waals surface area contributed by atoms with Gasteiger partial charge in [-0.05, 0) is 55.8 Å². The van der Waals surface area contributed by atoms with Crippen molar-refractivity contribution >= 4 is 11.7 Å². The quantitative estimate of drug-likeness (QED) is 0.751. The number of anilines is 1. The van der Waals surface area contributed by atoms with Gasteiger partial charge in [0.25, 0.3) is 0 Å². The number of methoxy groups -OCH3 is 1. The molecule has 0 spiro atoms. The van der Waals surface area contributed by atoms with Crippen LogP contribution in [0.15, 0.2) is 54.6 Å². The normalized spacial score (nSPS) is 15.8. The first-order chi connectivity index (χ1) is 12.2. The minimum atomic E-state index is -0.300. The van der Waals surface area contributed by atoms with Crippen molar-refractivity contribution in [1.82, 2.24) is 4.90 Å². The molecular weight excluding hydrogens is 312 g/mol. The molecule has 2 aromatic carbocycles. The Hall–Kier alpha value is -2.33. The Bertz CT molecular complexity index is 679. The monoisotopic (exact) mass is 338 g/mol. The SMILES string of the molecule is COC(=O)c1ccc(N(C)C(CN2CCCC2)c2ccccc2)cc1. The summed E-state index contributed by atoms with van der Waals surface area (Å²) in [5.74, 6) is -0.300. The van der Waals surface area contributed by atoms with Crippen molar-refractivity contribution in [1.29, 1.82) is 0 Å². The fourth-order valence-electron chi connectivity index (χ4n) is 3.47. The molecule has 132 valence electrons. The lowest BCUT2D eigenvalue weighted by molar-refractivity contribution is 0.0601. The van der Waals surface area contributed by atoms with E-state index in [2.05, 4.69) is 47.2 Å². The molecule has 2 aromatic rings. The molecule has 25 heavy (non-hydrogen) atoms. The number of likely N-dealkylation sites (N-methyl/N-ethyl adjacent to an activating group) is 1. The lowest BCUT2D eigenvalue weighted by Gasteiger charge is -2.33. The molecule has 0 aliphatic carbocycles. The van der Waals surface area contributed by atoms with Gasteiger partial charge in [-0.2, -0.15) is 0 Å². The summed E-state index contributed by atoms with van der Waals surface area (Å²) < 4.78 is 4.78. The molecular formula is C21H26N2O2. The fourth-order valence-corrected chi connectivity index (χ4v) is 3.47. The second kappa shape index (κ2) is 8.17. The van der Waals surface area contributed by atoms with Crippen LogP contribution in [0.4, 0.5) is 5.69 Å². The number of carbonyl (C=O) groups is 1. The van der Waals surface area contributed by atoms with Gasteiger partial charge in [-0.15, -0.1) is 0 Å². The van der Waals surface area contributed by atoms with Crippen LogP contribution in [0.2, 0.25) is 0 Å². The summed E-state index contributed by atoms with van der Waals surface area (Å²) >= 11 is 0. The highest BCUT2D eigenvalue weighted by Crippen LogP contribution is 2.28. The molecule has 4 heteroatoms. The Labute approximate surface area is 150 Å². The third kappa shape index (κ3) is 4.20. The number of ether oxygens (including phenoxy) is 1. The van der Waals surface area contributed by atoms with E-state index in [1.54, 1.807) is 0 Å². The topological polar surface area (TPSA) is 32.8 Å². The average molecular weight is 338 g/mol. The molecule has 1 aliphatic rings. The molecule has 0 N–H and O–H groups in total. The van der Waals surface area contributed by atoms with Crippen LogP contribution in [-0.2, 0) is 4.74 Å². The van der Waals surface area contributed by atoms with E-state index in [0.29, 0.717) is 5.56 Å². The first kappa shape index (κ1) is 17.5. The van der Waals surface area contributed by atoms with E-state index in [0.717, 1.165) is 12.2 Å². The zero-order valence-corrected chi connectivity index (χ0v) is 15.0.